The summed E-state index contributed by atoms with van der Waals surface area (Å²) in [6.07, 6.45) is -0.654. The summed E-state index contributed by atoms with van der Waals surface area (Å²) in [7, 11) is 0. The first kappa shape index (κ1) is 21.3. The van der Waals surface area contributed by atoms with E-state index >= 15 is 0 Å². The molecule has 0 bridgehead atoms. The monoisotopic (exact) mass is 432 g/mol. The SMILES string of the molecule is CCOC(=O)C(C)Oc1ccc(SCc2nnc(-c3ccc(F)cc3)s2)cc1C. The zero-order valence-corrected chi connectivity index (χ0v) is 18.0. The number of thioether (sulfide) groups is 1. The Hall–Kier alpha value is -2.45. The van der Waals surface area contributed by atoms with Gasteiger partial charge in [-0.25, -0.2) is 9.18 Å². The molecular formula is C21H21FN2O3S2. The van der Waals surface area contributed by atoms with Crippen molar-refractivity contribution in [1.29, 1.82) is 0 Å². The minimum Gasteiger partial charge on any atom is -0.479 e. The Morgan fingerprint density at radius 3 is 2.66 bits per heavy atom. The fraction of sp³-hybridized carbons (Fsp3) is 0.286. The lowest BCUT2D eigenvalue weighted by Gasteiger charge is -2.15. The molecule has 29 heavy (non-hydrogen) atoms. The highest BCUT2D eigenvalue weighted by Crippen LogP contribution is 2.31. The van der Waals surface area contributed by atoms with Crippen molar-refractivity contribution in [3.05, 3.63) is 58.9 Å². The number of carbonyl (C=O) groups excluding carboxylic acids is 1. The van der Waals surface area contributed by atoms with Crippen LogP contribution in [-0.4, -0.2) is 28.9 Å². The maximum absolute atomic E-state index is 13.1. The summed E-state index contributed by atoms with van der Waals surface area (Å²) in [5.74, 6) is 0.689. The lowest BCUT2D eigenvalue weighted by Crippen LogP contribution is -2.26. The molecule has 8 heteroatoms. The van der Waals surface area contributed by atoms with Crippen LogP contribution in [0.2, 0.25) is 0 Å². The van der Waals surface area contributed by atoms with Gasteiger partial charge in [-0.1, -0.05) is 11.3 Å². The van der Waals surface area contributed by atoms with Gasteiger partial charge in [0.1, 0.15) is 21.6 Å². The van der Waals surface area contributed by atoms with E-state index in [1.54, 1.807) is 37.7 Å². The summed E-state index contributed by atoms with van der Waals surface area (Å²) in [6, 6.07) is 12.1. The fourth-order valence-corrected chi connectivity index (χ4v) is 4.33. The van der Waals surface area contributed by atoms with E-state index < -0.39 is 6.10 Å². The van der Waals surface area contributed by atoms with Crippen LogP contribution in [0.1, 0.15) is 24.4 Å². The summed E-state index contributed by atoms with van der Waals surface area (Å²) in [5.41, 5.74) is 1.80. The van der Waals surface area contributed by atoms with Crippen LogP contribution in [0.3, 0.4) is 0 Å². The van der Waals surface area contributed by atoms with E-state index in [1.807, 2.05) is 25.1 Å². The molecule has 0 aliphatic heterocycles. The molecule has 152 valence electrons. The maximum atomic E-state index is 13.1. The molecule has 1 heterocycles. The normalized spacial score (nSPS) is 11.9. The smallest absolute Gasteiger partial charge is 0.347 e. The Morgan fingerprint density at radius 2 is 1.97 bits per heavy atom. The largest absolute Gasteiger partial charge is 0.479 e. The van der Waals surface area contributed by atoms with E-state index in [2.05, 4.69) is 10.2 Å². The van der Waals surface area contributed by atoms with E-state index in [4.69, 9.17) is 9.47 Å². The van der Waals surface area contributed by atoms with Gasteiger partial charge in [0.2, 0.25) is 0 Å². The highest BCUT2D eigenvalue weighted by Gasteiger charge is 2.17. The second-order valence-corrected chi connectivity index (χ2v) is 8.35. The molecule has 1 aromatic heterocycles. The molecule has 1 atom stereocenters. The topological polar surface area (TPSA) is 61.3 Å². The summed E-state index contributed by atoms with van der Waals surface area (Å²) >= 11 is 3.13. The number of benzene rings is 2. The van der Waals surface area contributed by atoms with Crippen LogP contribution >= 0.6 is 23.1 Å². The minimum absolute atomic E-state index is 0.270. The molecule has 5 nitrogen and oxygen atoms in total. The molecule has 3 rings (SSSR count). The quantitative estimate of drug-likeness (QED) is 0.357. The summed E-state index contributed by atoms with van der Waals surface area (Å²) in [5, 5.41) is 10.1. The second-order valence-electron chi connectivity index (χ2n) is 6.24. The molecule has 0 radical (unpaired) electrons. The van der Waals surface area contributed by atoms with E-state index in [1.165, 1.54) is 23.5 Å². The van der Waals surface area contributed by atoms with Gasteiger partial charge >= 0.3 is 5.97 Å². The Kier molecular flexibility index (Phi) is 7.22. The predicted molar refractivity (Wildman–Crippen MR) is 113 cm³/mol. The molecule has 0 fully saturated rings. The minimum atomic E-state index is -0.654. The number of aromatic nitrogens is 2. The number of halogens is 1. The van der Waals surface area contributed by atoms with Gasteiger partial charge in [0.25, 0.3) is 0 Å². The average molecular weight is 433 g/mol. The van der Waals surface area contributed by atoms with Crippen molar-refractivity contribution in [2.75, 3.05) is 6.61 Å². The zero-order chi connectivity index (χ0) is 20.8. The van der Waals surface area contributed by atoms with Crippen LogP contribution < -0.4 is 4.74 Å². The predicted octanol–water partition coefficient (Wildman–Crippen LogP) is 5.28. The van der Waals surface area contributed by atoms with Crippen LogP contribution in [0, 0.1) is 12.7 Å². The Balaban J connectivity index is 1.59. The van der Waals surface area contributed by atoms with Crippen molar-refractivity contribution in [3.8, 4) is 16.3 Å². The molecule has 0 N–H and O–H groups in total. The van der Waals surface area contributed by atoms with Gasteiger partial charge in [-0.2, -0.15) is 0 Å². The lowest BCUT2D eigenvalue weighted by molar-refractivity contribution is -0.150. The molecule has 0 amide bonds. The number of esters is 1. The van der Waals surface area contributed by atoms with Crippen molar-refractivity contribution < 1.29 is 18.7 Å². The first-order valence-corrected chi connectivity index (χ1v) is 10.9. The highest BCUT2D eigenvalue weighted by molar-refractivity contribution is 7.98. The number of carbonyl (C=O) groups is 1. The third-order valence-corrected chi connectivity index (χ3v) is 6.15. The first-order valence-electron chi connectivity index (χ1n) is 9.11. The summed E-state index contributed by atoms with van der Waals surface area (Å²) < 4.78 is 23.7. The number of hydrogen-bond acceptors (Lipinski definition) is 7. The van der Waals surface area contributed by atoms with E-state index in [9.17, 15) is 9.18 Å². The van der Waals surface area contributed by atoms with Gasteiger partial charge in [0, 0.05) is 10.5 Å². The van der Waals surface area contributed by atoms with E-state index in [-0.39, 0.29) is 11.8 Å². The molecule has 0 saturated heterocycles. The van der Waals surface area contributed by atoms with Gasteiger partial charge in [-0.05, 0) is 68.8 Å². The van der Waals surface area contributed by atoms with Crippen molar-refractivity contribution in [2.45, 2.75) is 37.5 Å². The number of ether oxygens (including phenoxy) is 2. The van der Waals surface area contributed by atoms with Crippen LogP contribution in [0.15, 0.2) is 47.4 Å². The van der Waals surface area contributed by atoms with Crippen molar-refractivity contribution >= 4 is 29.1 Å². The molecule has 1 unspecified atom stereocenters. The Bertz CT molecular complexity index is 976. The van der Waals surface area contributed by atoms with Crippen LogP contribution in [0.5, 0.6) is 5.75 Å². The maximum Gasteiger partial charge on any atom is 0.347 e. The fourth-order valence-electron chi connectivity index (χ4n) is 2.51. The zero-order valence-electron chi connectivity index (χ0n) is 16.3. The van der Waals surface area contributed by atoms with Crippen molar-refractivity contribution in [2.24, 2.45) is 0 Å². The molecule has 3 aromatic rings. The summed E-state index contributed by atoms with van der Waals surface area (Å²) in [4.78, 5) is 12.8. The van der Waals surface area contributed by atoms with Crippen LogP contribution in [-0.2, 0) is 15.3 Å². The van der Waals surface area contributed by atoms with E-state index in [0.29, 0.717) is 18.1 Å². The second kappa shape index (κ2) is 9.84. The molecule has 0 aliphatic rings. The number of nitrogens with zero attached hydrogens (tertiary/aromatic N) is 2. The Morgan fingerprint density at radius 1 is 1.21 bits per heavy atom. The summed E-state index contributed by atoms with van der Waals surface area (Å²) in [6.45, 7) is 5.71. The number of rotatable bonds is 8. The van der Waals surface area contributed by atoms with E-state index in [0.717, 1.165) is 26.0 Å². The average Bonchev–Trinajstić information content (AvgIpc) is 3.18. The number of aryl methyl sites for hydroxylation is 1. The van der Waals surface area contributed by atoms with Crippen molar-refractivity contribution in [1.82, 2.24) is 10.2 Å². The third kappa shape index (κ3) is 5.77. The van der Waals surface area contributed by atoms with Crippen molar-refractivity contribution in [3.63, 3.8) is 0 Å². The first-order chi connectivity index (χ1) is 14.0. The van der Waals surface area contributed by atoms with Gasteiger partial charge in [0.05, 0.1) is 12.4 Å². The van der Waals surface area contributed by atoms with Crippen LogP contribution in [0.25, 0.3) is 10.6 Å². The van der Waals surface area contributed by atoms with Gasteiger partial charge in [-0.3, -0.25) is 0 Å². The molecule has 0 saturated carbocycles. The molecule has 0 spiro atoms. The Labute approximate surface area is 177 Å². The lowest BCUT2D eigenvalue weighted by atomic mass is 10.2. The standard InChI is InChI=1S/C21H21FN2O3S2/c1-4-26-21(25)14(3)27-18-10-9-17(11-13(18)2)28-12-19-23-24-20(29-19)15-5-7-16(22)8-6-15/h5-11,14H,4,12H2,1-3H3. The van der Waals surface area contributed by atoms with Gasteiger partial charge in [0.15, 0.2) is 6.10 Å². The highest BCUT2D eigenvalue weighted by atomic mass is 32.2. The molecular weight excluding hydrogens is 411 g/mol. The molecule has 2 aromatic carbocycles. The molecule has 0 aliphatic carbocycles. The number of hydrogen-bond donors (Lipinski definition) is 0. The third-order valence-electron chi connectivity index (χ3n) is 3.99. The van der Waals surface area contributed by atoms with Gasteiger partial charge in [-0.15, -0.1) is 22.0 Å². The van der Waals surface area contributed by atoms with Crippen LogP contribution in [0.4, 0.5) is 4.39 Å². The van der Waals surface area contributed by atoms with Gasteiger partial charge < -0.3 is 9.47 Å².